The van der Waals surface area contributed by atoms with Crippen LogP contribution in [0.1, 0.15) is 40.7 Å². The summed E-state index contributed by atoms with van der Waals surface area (Å²) in [5.41, 5.74) is -1.12. The summed E-state index contributed by atoms with van der Waals surface area (Å²) in [5, 5.41) is 0. The normalized spacial score (nSPS) is 21.7. The third kappa shape index (κ3) is 2.36. The number of aryl methyl sites for hydroxylation is 3. The van der Waals surface area contributed by atoms with Gasteiger partial charge in [0.15, 0.2) is 0 Å². The van der Waals surface area contributed by atoms with Gasteiger partial charge in [-0.1, -0.05) is 30.3 Å². The van der Waals surface area contributed by atoms with Crippen LogP contribution in [-0.2, 0) is 28.4 Å². The molecule has 0 fully saturated rings. The zero-order valence-corrected chi connectivity index (χ0v) is 14.9. The molecule has 0 saturated heterocycles. The van der Waals surface area contributed by atoms with Gasteiger partial charge in [0, 0.05) is 11.0 Å². The van der Waals surface area contributed by atoms with E-state index in [9.17, 15) is 21.6 Å². The van der Waals surface area contributed by atoms with Crippen LogP contribution in [0, 0.1) is 6.92 Å². The minimum Gasteiger partial charge on any atom is -0.376 e. The molecule has 2 aliphatic carbocycles. The van der Waals surface area contributed by atoms with E-state index in [-0.39, 0.29) is 5.75 Å². The van der Waals surface area contributed by atoms with Gasteiger partial charge in [-0.2, -0.15) is 21.6 Å². The molecule has 0 aromatic heterocycles. The van der Waals surface area contributed by atoms with E-state index in [4.69, 9.17) is 0 Å². The standard InChI is InChI=1S/C19H17F3O3S/c1-12-4-2-5-13-8-10-18(16(12)13)11-9-14-6-3-7-15(17(14)18)25-26(23,24)19(20,21)22/h2-7H,8-11H2,1H3/t18-/m1/s1. The molecule has 4 rings (SSSR count). The van der Waals surface area contributed by atoms with Crippen molar-refractivity contribution in [1.82, 2.24) is 0 Å². The quantitative estimate of drug-likeness (QED) is 0.571. The smallest absolute Gasteiger partial charge is 0.376 e. The maximum absolute atomic E-state index is 12.8. The molecule has 0 radical (unpaired) electrons. The molecule has 0 amide bonds. The molecule has 7 heteroatoms. The van der Waals surface area contributed by atoms with Crippen molar-refractivity contribution in [3.63, 3.8) is 0 Å². The Hall–Kier alpha value is -2.02. The second-order valence-corrected chi connectivity index (χ2v) is 8.50. The molecule has 138 valence electrons. The summed E-state index contributed by atoms with van der Waals surface area (Å²) in [4.78, 5) is 0. The van der Waals surface area contributed by atoms with Gasteiger partial charge >= 0.3 is 15.6 Å². The largest absolute Gasteiger partial charge is 0.534 e. The Balaban J connectivity index is 1.90. The van der Waals surface area contributed by atoms with Crippen LogP contribution < -0.4 is 4.18 Å². The Morgan fingerprint density at radius 2 is 1.54 bits per heavy atom. The second-order valence-electron chi connectivity index (χ2n) is 6.96. The predicted molar refractivity (Wildman–Crippen MR) is 90.6 cm³/mol. The van der Waals surface area contributed by atoms with Gasteiger partial charge in [0.25, 0.3) is 0 Å². The maximum Gasteiger partial charge on any atom is 0.534 e. The van der Waals surface area contributed by atoms with E-state index in [0.29, 0.717) is 12.0 Å². The first-order chi connectivity index (χ1) is 12.2. The lowest BCUT2D eigenvalue weighted by molar-refractivity contribution is -0.0500. The van der Waals surface area contributed by atoms with E-state index in [1.54, 1.807) is 6.07 Å². The van der Waals surface area contributed by atoms with Gasteiger partial charge in [0.2, 0.25) is 0 Å². The van der Waals surface area contributed by atoms with Crippen molar-refractivity contribution in [3.05, 3.63) is 64.2 Å². The Kier molecular flexibility index (Phi) is 3.67. The highest BCUT2D eigenvalue weighted by molar-refractivity contribution is 7.88. The molecular weight excluding hydrogens is 365 g/mol. The Labute approximate surface area is 149 Å². The molecule has 1 spiro atoms. The summed E-state index contributed by atoms with van der Waals surface area (Å²) in [6, 6.07) is 10.7. The average molecular weight is 382 g/mol. The molecule has 0 saturated carbocycles. The van der Waals surface area contributed by atoms with Crippen LogP contribution in [0.4, 0.5) is 13.2 Å². The minimum absolute atomic E-state index is 0.201. The number of fused-ring (bicyclic) bond motifs is 4. The average Bonchev–Trinajstić information content (AvgIpc) is 3.11. The molecule has 2 aliphatic rings. The van der Waals surface area contributed by atoms with Crippen molar-refractivity contribution in [1.29, 1.82) is 0 Å². The van der Waals surface area contributed by atoms with Gasteiger partial charge in [-0.15, -0.1) is 0 Å². The molecule has 26 heavy (non-hydrogen) atoms. The van der Waals surface area contributed by atoms with Gasteiger partial charge in [-0.3, -0.25) is 0 Å². The van der Waals surface area contributed by atoms with Crippen LogP contribution >= 0.6 is 0 Å². The number of hydrogen-bond donors (Lipinski definition) is 0. The highest BCUT2D eigenvalue weighted by atomic mass is 32.2. The lowest BCUT2D eigenvalue weighted by atomic mass is 9.75. The van der Waals surface area contributed by atoms with Crippen molar-refractivity contribution in [2.24, 2.45) is 0 Å². The predicted octanol–water partition coefficient (Wildman–Crippen LogP) is 4.40. The highest BCUT2D eigenvalue weighted by Gasteiger charge is 2.51. The summed E-state index contributed by atoms with van der Waals surface area (Å²) >= 11 is 0. The van der Waals surface area contributed by atoms with Crippen LogP contribution in [0.15, 0.2) is 36.4 Å². The lowest BCUT2D eigenvalue weighted by Crippen LogP contribution is -2.30. The van der Waals surface area contributed by atoms with E-state index in [1.807, 2.05) is 31.2 Å². The number of rotatable bonds is 2. The van der Waals surface area contributed by atoms with E-state index in [2.05, 4.69) is 4.18 Å². The Morgan fingerprint density at radius 1 is 0.962 bits per heavy atom. The van der Waals surface area contributed by atoms with E-state index in [1.165, 1.54) is 11.6 Å². The van der Waals surface area contributed by atoms with Crippen LogP contribution in [-0.4, -0.2) is 13.9 Å². The topological polar surface area (TPSA) is 43.4 Å². The van der Waals surface area contributed by atoms with E-state index in [0.717, 1.165) is 36.0 Å². The fourth-order valence-electron chi connectivity index (χ4n) is 4.63. The molecule has 0 aliphatic heterocycles. The number of benzene rings is 2. The van der Waals surface area contributed by atoms with E-state index < -0.39 is 21.0 Å². The minimum atomic E-state index is -5.71. The first-order valence-electron chi connectivity index (χ1n) is 8.38. The third-order valence-electron chi connectivity index (χ3n) is 5.55. The first kappa shape index (κ1) is 17.4. The van der Waals surface area contributed by atoms with Gasteiger partial charge in [0.1, 0.15) is 5.75 Å². The summed E-state index contributed by atoms with van der Waals surface area (Å²) in [5.74, 6) is -0.201. The van der Waals surface area contributed by atoms with Gasteiger partial charge in [-0.05, 0) is 60.9 Å². The van der Waals surface area contributed by atoms with Crippen molar-refractivity contribution in [2.75, 3.05) is 0 Å². The molecule has 2 aromatic rings. The van der Waals surface area contributed by atoms with Crippen LogP contribution in [0.2, 0.25) is 0 Å². The van der Waals surface area contributed by atoms with Gasteiger partial charge < -0.3 is 4.18 Å². The third-order valence-corrected chi connectivity index (χ3v) is 6.52. The van der Waals surface area contributed by atoms with Crippen LogP contribution in [0.3, 0.4) is 0 Å². The second kappa shape index (κ2) is 5.49. The van der Waals surface area contributed by atoms with Gasteiger partial charge in [0.05, 0.1) is 0 Å². The summed E-state index contributed by atoms with van der Waals surface area (Å²) < 4.78 is 66.3. The zero-order valence-electron chi connectivity index (χ0n) is 14.1. The molecule has 2 aromatic carbocycles. The lowest BCUT2D eigenvalue weighted by Gasteiger charge is -2.29. The van der Waals surface area contributed by atoms with E-state index >= 15 is 0 Å². The Bertz CT molecular complexity index is 992. The summed E-state index contributed by atoms with van der Waals surface area (Å²) in [6.45, 7) is 1.99. The molecule has 0 unspecified atom stereocenters. The Morgan fingerprint density at radius 3 is 2.15 bits per heavy atom. The molecule has 0 bridgehead atoms. The maximum atomic E-state index is 12.8. The fraction of sp³-hybridized carbons (Fsp3) is 0.368. The number of halogens is 3. The fourth-order valence-corrected chi connectivity index (χ4v) is 5.10. The number of alkyl halides is 3. The SMILES string of the molecule is Cc1cccc2c1[C@@]1(CC2)CCc2cccc(OS(=O)(=O)C(F)(F)F)c21. The van der Waals surface area contributed by atoms with Crippen LogP contribution in [0.5, 0.6) is 5.75 Å². The van der Waals surface area contributed by atoms with Crippen molar-refractivity contribution in [3.8, 4) is 5.75 Å². The monoisotopic (exact) mass is 382 g/mol. The highest BCUT2D eigenvalue weighted by Crippen LogP contribution is 2.56. The zero-order chi connectivity index (χ0) is 18.7. The van der Waals surface area contributed by atoms with Gasteiger partial charge in [-0.25, -0.2) is 0 Å². The number of hydrogen-bond acceptors (Lipinski definition) is 3. The molecule has 1 atom stereocenters. The molecular formula is C19H17F3O3S. The van der Waals surface area contributed by atoms with Crippen molar-refractivity contribution >= 4 is 10.1 Å². The molecule has 0 heterocycles. The molecule has 0 N–H and O–H groups in total. The first-order valence-corrected chi connectivity index (χ1v) is 9.79. The summed E-state index contributed by atoms with van der Waals surface area (Å²) in [6.07, 6.45) is 2.99. The summed E-state index contributed by atoms with van der Waals surface area (Å²) in [7, 11) is -5.71. The van der Waals surface area contributed by atoms with Crippen LogP contribution in [0.25, 0.3) is 0 Å². The molecule has 3 nitrogen and oxygen atoms in total. The van der Waals surface area contributed by atoms with Crippen molar-refractivity contribution < 1.29 is 25.8 Å². The van der Waals surface area contributed by atoms with Crippen molar-refractivity contribution in [2.45, 2.75) is 43.5 Å².